The Labute approximate surface area is 130 Å². The molecule has 0 aromatic heterocycles. The van der Waals surface area contributed by atoms with Gasteiger partial charge in [-0.25, -0.2) is 0 Å². The van der Waals surface area contributed by atoms with Crippen LogP contribution < -0.4 is 0 Å². The van der Waals surface area contributed by atoms with Crippen LogP contribution in [0.5, 0.6) is 0 Å². The normalized spacial score (nSPS) is 18.3. The van der Waals surface area contributed by atoms with Gasteiger partial charge in [-0.1, -0.05) is 53.2 Å². The van der Waals surface area contributed by atoms with Crippen LogP contribution in [-0.2, 0) is 4.84 Å². The van der Waals surface area contributed by atoms with Crippen molar-refractivity contribution in [2.75, 3.05) is 26.2 Å². The molecule has 0 radical (unpaired) electrons. The summed E-state index contributed by atoms with van der Waals surface area (Å²) in [6.45, 7) is 2.90. The zero-order valence-corrected chi connectivity index (χ0v) is 12.7. The van der Waals surface area contributed by atoms with E-state index in [4.69, 9.17) is 16.4 Å². The third-order valence-electron chi connectivity index (χ3n) is 3.30. The zero-order chi connectivity index (χ0) is 14.9. The number of allylic oxidation sites excluding steroid dienone is 1. The summed E-state index contributed by atoms with van der Waals surface area (Å²) in [6.07, 6.45) is 5.41. The van der Waals surface area contributed by atoms with E-state index in [0.29, 0.717) is 6.54 Å². The van der Waals surface area contributed by atoms with E-state index in [2.05, 4.69) is 10.1 Å². The first-order valence-corrected chi connectivity index (χ1v) is 7.61. The molecule has 1 saturated heterocycles. The number of hydrogen-bond acceptors (Lipinski definition) is 4. The van der Waals surface area contributed by atoms with Crippen molar-refractivity contribution in [3.05, 3.63) is 42.0 Å². The molecule has 2 rings (SSSR count). The first-order chi connectivity index (χ1) is 10.2. The van der Waals surface area contributed by atoms with Gasteiger partial charge >= 0.3 is 0 Å². The lowest BCUT2D eigenvalue weighted by Crippen LogP contribution is -2.32. The van der Waals surface area contributed by atoms with E-state index in [1.54, 1.807) is 6.08 Å². The number of halogens is 1. The smallest absolute Gasteiger partial charge is 0.168 e. The molecule has 0 amide bonds. The molecule has 1 aromatic carbocycles. The molecule has 0 aliphatic carbocycles. The maximum atomic E-state index is 9.83. The van der Waals surface area contributed by atoms with Gasteiger partial charge in [0.25, 0.3) is 0 Å². The zero-order valence-electron chi connectivity index (χ0n) is 12.0. The molecule has 21 heavy (non-hydrogen) atoms. The van der Waals surface area contributed by atoms with Gasteiger partial charge in [0.1, 0.15) is 12.7 Å². The summed E-state index contributed by atoms with van der Waals surface area (Å²) in [7, 11) is 0. The molecule has 1 heterocycles. The van der Waals surface area contributed by atoms with Crippen LogP contribution >= 0.6 is 11.6 Å². The molecule has 1 fully saturated rings. The molecule has 1 unspecified atom stereocenters. The molecular formula is C16H21ClN2O2. The monoisotopic (exact) mass is 308 g/mol. The second-order valence-electron chi connectivity index (χ2n) is 5.12. The third kappa shape index (κ3) is 6.29. The van der Waals surface area contributed by atoms with Crippen LogP contribution in [-0.4, -0.2) is 47.5 Å². The van der Waals surface area contributed by atoms with E-state index >= 15 is 0 Å². The predicted octanol–water partition coefficient (Wildman–Crippen LogP) is 2.73. The number of aliphatic hydroxyl groups excluding tert-OH is 1. The minimum atomic E-state index is -0.533. The summed E-state index contributed by atoms with van der Waals surface area (Å²) in [5.74, 6) is 0. The highest BCUT2D eigenvalue weighted by molar-refractivity contribution is 6.68. The van der Waals surface area contributed by atoms with Crippen LogP contribution in [0.1, 0.15) is 18.4 Å². The summed E-state index contributed by atoms with van der Waals surface area (Å²) in [5.41, 5.74) is 1.04. The minimum Gasteiger partial charge on any atom is -0.392 e. The molecular weight excluding hydrogens is 288 g/mol. The van der Waals surface area contributed by atoms with E-state index in [0.717, 1.165) is 18.7 Å². The van der Waals surface area contributed by atoms with Crippen molar-refractivity contribution in [1.29, 1.82) is 0 Å². The van der Waals surface area contributed by atoms with Crippen LogP contribution in [0, 0.1) is 0 Å². The Bertz CT molecular complexity index is 470. The van der Waals surface area contributed by atoms with Crippen LogP contribution in [0.2, 0.25) is 0 Å². The predicted molar refractivity (Wildman–Crippen MR) is 86.4 cm³/mol. The Morgan fingerprint density at radius 1 is 1.33 bits per heavy atom. The Morgan fingerprint density at radius 2 is 2.05 bits per heavy atom. The van der Waals surface area contributed by atoms with Gasteiger partial charge in [0, 0.05) is 6.54 Å². The maximum Gasteiger partial charge on any atom is 0.168 e. The fourth-order valence-electron chi connectivity index (χ4n) is 2.26. The summed E-state index contributed by atoms with van der Waals surface area (Å²) in [5, 5.41) is 13.9. The molecule has 1 aliphatic heterocycles. The van der Waals surface area contributed by atoms with Crippen LogP contribution in [0.3, 0.4) is 0 Å². The highest BCUT2D eigenvalue weighted by Gasteiger charge is 2.15. The largest absolute Gasteiger partial charge is 0.392 e. The van der Waals surface area contributed by atoms with Crippen molar-refractivity contribution in [1.82, 2.24) is 4.90 Å². The lowest BCUT2D eigenvalue weighted by atomic mass is 10.2. The second-order valence-corrected chi connectivity index (χ2v) is 5.50. The van der Waals surface area contributed by atoms with Crippen molar-refractivity contribution in [3.63, 3.8) is 0 Å². The third-order valence-corrected chi connectivity index (χ3v) is 3.49. The first kappa shape index (κ1) is 16.0. The molecule has 1 atom stereocenters. The van der Waals surface area contributed by atoms with Crippen LogP contribution in [0.15, 0.2) is 41.6 Å². The Balaban J connectivity index is 1.69. The highest BCUT2D eigenvalue weighted by atomic mass is 35.5. The Morgan fingerprint density at radius 3 is 2.76 bits per heavy atom. The molecule has 1 N–H and O–H groups in total. The lowest BCUT2D eigenvalue weighted by Gasteiger charge is -2.18. The molecule has 0 bridgehead atoms. The average molecular weight is 309 g/mol. The molecule has 0 spiro atoms. The second kappa shape index (κ2) is 8.82. The number of likely N-dealkylation sites (tertiary alicyclic amines) is 1. The van der Waals surface area contributed by atoms with Crippen molar-refractivity contribution < 1.29 is 9.94 Å². The van der Waals surface area contributed by atoms with Gasteiger partial charge in [-0.05, 0) is 37.6 Å². The number of β-amino-alcohol motifs (C(OH)–C–C–N with tert-alkyl or cyclic N) is 1. The van der Waals surface area contributed by atoms with Gasteiger partial charge in [0.05, 0.1) is 0 Å². The summed E-state index contributed by atoms with van der Waals surface area (Å²) < 4.78 is 0. The van der Waals surface area contributed by atoms with Gasteiger partial charge in [0.2, 0.25) is 0 Å². The number of benzene rings is 1. The molecule has 1 aliphatic rings. The summed E-state index contributed by atoms with van der Waals surface area (Å²) in [6, 6.07) is 9.81. The van der Waals surface area contributed by atoms with Crippen molar-refractivity contribution in [3.8, 4) is 0 Å². The van der Waals surface area contributed by atoms with Gasteiger partial charge in [-0.3, -0.25) is 0 Å². The standard InChI is InChI=1S/C16H21ClN2O2/c17-16(9-8-14-6-2-1-3-7-14)18-21-13-15(20)12-19-10-4-5-11-19/h1-3,6-9,15,20H,4-5,10-13H2. The molecule has 1 aromatic rings. The number of hydrogen-bond donors (Lipinski definition) is 1. The average Bonchev–Trinajstić information content (AvgIpc) is 2.99. The fourth-order valence-corrected chi connectivity index (χ4v) is 2.37. The molecule has 114 valence electrons. The number of nitrogens with zero attached hydrogens (tertiary/aromatic N) is 2. The van der Waals surface area contributed by atoms with E-state index in [1.807, 2.05) is 36.4 Å². The van der Waals surface area contributed by atoms with Crippen LogP contribution in [0.25, 0.3) is 6.08 Å². The summed E-state index contributed by atoms with van der Waals surface area (Å²) in [4.78, 5) is 7.31. The number of rotatable bonds is 7. The van der Waals surface area contributed by atoms with Gasteiger partial charge in [-0.15, -0.1) is 0 Å². The lowest BCUT2D eigenvalue weighted by molar-refractivity contribution is 0.0234. The first-order valence-electron chi connectivity index (χ1n) is 7.23. The van der Waals surface area contributed by atoms with Crippen molar-refractivity contribution in [2.24, 2.45) is 5.16 Å². The van der Waals surface area contributed by atoms with E-state index in [-0.39, 0.29) is 11.8 Å². The van der Waals surface area contributed by atoms with E-state index in [1.165, 1.54) is 12.8 Å². The Hall–Kier alpha value is -1.36. The van der Waals surface area contributed by atoms with Gasteiger partial charge in [-0.2, -0.15) is 0 Å². The number of aliphatic hydroxyl groups is 1. The summed E-state index contributed by atoms with van der Waals surface area (Å²) >= 11 is 5.93. The van der Waals surface area contributed by atoms with E-state index in [9.17, 15) is 5.11 Å². The molecule has 0 saturated carbocycles. The molecule has 5 heteroatoms. The van der Waals surface area contributed by atoms with Gasteiger partial charge in [0.15, 0.2) is 5.17 Å². The quantitative estimate of drug-likeness (QED) is 0.622. The van der Waals surface area contributed by atoms with E-state index < -0.39 is 6.10 Å². The Kier molecular flexibility index (Phi) is 6.73. The highest BCUT2D eigenvalue weighted by Crippen LogP contribution is 2.08. The van der Waals surface area contributed by atoms with Gasteiger partial charge < -0.3 is 14.8 Å². The SMILES string of the molecule is OC(CON=C(Cl)C=Cc1ccccc1)CN1CCCC1. The fraction of sp³-hybridized carbons (Fsp3) is 0.438. The molecule has 4 nitrogen and oxygen atoms in total. The maximum absolute atomic E-state index is 9.83. The van der Waals surface area contributed by atoms with Crippen LogP contribution in [0.4, 0.5) is 0 Å². The number of oxime groups is 1. The minimum absolute atomic E-state index is 0.159. The van der Waals surface area contributed by atoms with Crippen molar-refractivity contribution >= 4 is 22.8 Å². The van der Waals surface area contributed by atoms with Crippen molar-refractivity contribution in [2.45, 2.75) is 18.9 Å². The topological polar surface area (TPSA) is 45.1 Å².